The molecule has 1 saturated heterocycles. The predicted octanol–water partition coefficient (Wildman–Crippen LogP) is 4.09. The van der Waals surface area contributed by atoms with Crippen molar-refractivity contribution in [2.45, 2.75) is 39.5 Å². The number of nitrogens with one attached hydrogen (secondary N) is 2. The third kappa shape index (κ3) is 5.47. The van der Waals surface area contributed by atoms with Crippen molar-refractivity contribution < 1.29 is 14.4 Å². The Kier molecular flexibility index (Phi) is 7.22. The molecule has 158 valence electrons. The summed E-state index contributed by atoms with van der Waals surface area (Å²) in [5.41, 5.74) is 3.08. The van der Waals surface area contributed by atoms with Gasteiger partial charge in [0.25, 0.3) is 5.91 Å². The molecule has 0 spiro atoms. The molecule has 1 fully saturated rings. The number of amides is 3. The van der Waals surface area contributed by atoms with Gasteiger partial charge in [0.05, 0.1) is 5.92 Å². The summed E-state index contributed by atoms with van der Waals surface area (Å²) in [6.45, 7) is 5.35. The van der Waals surface area contributed by atoms with E-state index in [0.717, 1.165) is 24.9 Å². The van der Waals surface area contributed by atoms with Gasteiger partial charge in [-0.1, -0.05) is 32.4 Å². The first-order chi connectivity index (χ1) is 14.5. The molecule has 2 N–H and O–H groups in total. The van der Waals surface area contributed by atoms with Crippen molar-refractivity contribution in [2.75, 3.05) is 23.7 Å². The van der Waals surface area contributed by atoms with Crippen LogP contribution < -0.4 is 10.6 Å². The fourth-order valence-corrected chi connectivity index (χ4v) is 3.49. The van der Waals surface area contributed by atoms with Crippen LogP contribution in [0, 0.1) is 5.92 Å². The Morgan fingerprint density at radius 3 is 2.23 bits per heavy atom. The van der Waals surface area contributed by atoms with Crippen molar-refractivity contribution in [1.29, 1.82) is 0 Å². The molecule has 3 rings (SSSR count). The summed E-state index contributed by atoms with van der Waals surface area (Å²) >= 11 is 0. The zero-order valence-electron chi connectivity index (χ0n) is 17.6. The molecule has 0 aliphatic carbocycles. The minimum absolute atomic E-state index is 0.0441. The van der Waals surface area contributed by atoms with Gasteiger partial charge in [-0.15, -0.1) is 0 Å². The van der Waals surface area contributed by atoms with E-state index >= 15 is 0 Å². The third-order valence-corrected chi connectivity index (χ3v) is 5.40. The van der Waals surface area contributed by atoms with Crippen molar-refractivity contribution >= 4 is 29.1 Å². The monoisotopic (exact) mass is 407 g/mol. The Hall–Kier alpha value is -3.15. The fraction of sp³-hybridized carbons (Fsp3) is 0.375. The van der Waals surface area contributed by atoms with E-state index < -0.39 is 0 Å². The molecule has 1 atom stereocenters. The van der Waals surface area contributed by atoms with Crippen LogP contribution >= 0.6 is 0 Å². The van der Waals surface area contributed by atoms with Gasteiger partial charge in [0, 0.05) is 36.4 Å². The second-order valence-electron chi connectivity index (χ2n) is 7.67. The fourth-order valence-electron chi connectivity index (χ4n) is 3.49. The highest BCUT2D eigenvalue weighted by atomic mass is 16.2. The molecule has 6 heteroatoms. The number of hydrogen-bond donors (Lipinski definition) is 2. The quantitative estimate of drug-likeness (QED) is 0.692. The molecule has 30 heavy (non-hydrogen) atoms. The molecule has 0 bridgehead atoms. The van der Waals surface area contributed by atoms with Gasteiger partial charge < -0.3 is 15.5 Å². The first-order valence-electron chi connectivity index (χ1n) is 10.6. The lowest BCUT2D eigenvalue weighted by Gasteiger charge is -2.16. The van der Waals surface area contributed by atoms with Crippen LogP contribution in [0.3, 0.4) is 0 Å². The van der Waals surface area contributed by atoms with Crippen molar-refractivity contribution in [3.63, 3.8) is 0 Å². The van der Waals surface area contributed by atoms with Crippen molar-refractivity contribution in [2.24, 2.45) is 5.92 Å². The van der Waals surface area contributed by atoms with Crippen molar-refractivity contribution in [3.8, 4) is 0 Å². The maximum absolute atomic E-state index is 12.5. The molecular weight excluding hydrogens is 378 g/mol. The number of nitrogens with zero attached hydrogens (tertiary/aromatic N) is 1. The van der Waals surface area contributed by atoms with Crippen molar-refractivity contribution in [3.05, 3.63) is 59.7 Å². The van der Waals surface area contributed by atoms with Gasteiger partial charge in [-0.05, 0) is 54.8 Å². The van der Waals surface area contributed by atoms with Crippen LogP contribution in [0.15, 0.2) is 48.5 Å². The third-order valence-electron chi connectivity index (χ3n) is 5.40. The Morgan fingerprint density at radius 2 is 1.60 bits per heavy atom. The number of benzene rings is 2. The summed E-state index contributed by atoms with van der Waals surface area (Å²) < 4.78 is 0. The van der Waals surface area contributed by atoms with Gasteiger partial charge in [-0.25, -0.2) is 0 Å². The average Bonchev–Trinajstić information content (AvgIpc) is 3.14. The average molecular weight is 408 g/mol. The van der Waals surface area contributed by atoms with E-state index in [1.807, 2.05) is 24.3 Å². The molecule has 0 saturated carbocycles. The maximum Gasteiger partial charge on any atom is 0.255 e. The van der Waals surface area contributed by atoms with Crippen LogP contribution in [-0.2, 0) is 16.0 Å². The smallest absolute Gasteiger partial charge is 0.255 e. The summed E-state index contributed by atoms with van der Waals surface area (Å²) in [7, 11) is 0. The molecule has 3 amide bonds. The Balaban J connectivity index is 1.54. The van der Waals surface area contributed by atoms with E-state index in [1.54, 1.807) is 29.2 Å². The number of unbranched alkanes of at least 4 members (excludes halogenated alkanes) is 1. The van der Waals surface area contributed by atoms with E-state index in [2.05, 4.69) is 24.5 Å². The Labute approximate surface area is 177 Å². The van der Waals surface area contributed by atoms with Gasteiger partial charge in [0.15, 0.2) is 0 Å². The zero-order valence-corrected chi connectivity index (χ0v) is 17.6. The normalized spacial score (nSPS) is 15.9. The van der Waals surface area contributed by atoms with Crippen LogP contribution in [0.5, 0.6) is 0 Å². The molecule has 1 unspecified atom stereocenters. The van der Waals surface area contributed by atoms with Crippen molar-refractivity contribution in [1.82, 2.24) is 4.90 Å². The number of carbonyl (C=O) groups is 3. The highest BCUT2D eigenvalue weighted by Crippen LogP contribution is 2.21. The van der Waals surface area contributed by atoms with Gasteiger partial charge in [-0.3, -0.25) is 14.4 Å². The minimum Gasteiger partial charge on any atom is -0.342 e. The van der Waals surface area contributed by atoms with Gasteiger partial charge in [0.1, 0.15) is 0 Å². The van der Waals surface area contributed by atoms with Gasteiger partial charge in [-0.2, -0.15) is 0 Å². The van der Waals surface area contributed by atoms with E-state index in [9.17, 15) is 14.4 Å². The Morgan fingerprint density at radius 1 is 0.967 bits per heavy atom. The van der Waals surface area contributed by atoms with Crippen LogP contribution in [0.1, 0.15) is 49.0 Å². The summed E-state index contributed by atoms with van der Waals surface area (Å²) in [5, 5.41) is 5.73. The minimum atomic E-state index is -0.330. The molecule has 0 aromatic heterocycles. The van der Waals surface area contributed by atoms with E-state index in [1.165, 1.54) is 5.56 Å². The van der Waals surface area contributed by atoms with Crippen LogP contribution in [0.2, 0.25) is 0 Å². The van der Waals surface area contributed by atoms with E-state index in [-0.39, 0.29) is 30.1 Å². The molecule has 2 aromatic rings. The molecular formula is C24H29N3O3. The van der Waals surface area contributed by atoms with E-state index in [4.69, 9.17) is 0 Å². The van der Waals surface area contributed by atoms with Gasteiger partial charge in [0.2, 0.25) is 11.8 Å². The number of rotatable bonds is 8. The summed E-state index contributed by atoms with van der Waals surface area (Å²) in [6, 6.07) is 14.5. The van der Waals surface area contributed by atoms with Gasteiger partial charge >= 0.3 is 0 Å². The predicted molar refractivity (Wildman–Crippen MR) is 118 cm³/mol. The topological polar surface area (TPSA) is 78.5 Å². The maximum atomic E-state index is 12.5. The number of aryl methyl sites for hydroxylation is 1. The summed E-state index contributed by atoms with van der Waals surface area (Å²) in [6.07, 6.45) is 3.18. The lowest BCUT2D eigenvalue weighted by atomic mass is 10.1. The molecule has 6 nitrogen and oxygen atoms in total. The number of likely N-dealkylation sites (tertiary alicyclic amines) is 1. The summed E-state index contributed by atoms with van der Waals surface area (Å²) in [4.78, 5) is 38.8. The molecule has 2 aromatic carbocycles. The zero-order chi connectivity index (χ0) is 21.5. The lowest BCUT2D eigenvalue weighted by molar-refractivity contribution is -0.128. The number of hydrogen-bond acceptors (Lipinski definition) is 3. The second-order valence-corrected chi connectivity index (χ2v) is 7.67. The molecule has 1 aliphatic rings. The van der Waals surface area contributed by atoms with Crippen LogP contribution in [0.25, 0.3) is 0 Å². The molecule has 1 aliphatic heterocycles. The molecule has 1 heterocycles. The number of anilines is 2. The standard InChI is InChI=1S/C24H29N3O3/c1-3-5-14-27-16-19(15-22(27)28)24(30)26-21-12-8-18(9-13-21)23(29)25-20-10-6-17(4-2)7-11-20/h6-13,19H,3-5,14-16H2,1-2H3,(H,25,29)(H,26,30). The van der Waals surface area contributed by atoms with Crippen LogP contribution in [-0.4, -0.2) is 35.7 Å². The summed E-state index contributed by atoms with van der Waals surface area (Å²) in [5.74, 6) is -0.647. The van der Waals surface area contributed by atoms with E-state index in [0.29, 0.717) is 24.3 Å². The highest BCUT2D eigenvalue weighted by Gasteiger charge is 2.33. The second kappa shape index (κ2) is 10.1. The van der Waals surface area contributed by atoms with Crippen LogP contribution in [0.4, 0.5) is 11.4 Å². The Bertz CT molecular complexity index is 891. The lowest BCUT2D eigenvalue weighted by Crippen LogP contribution is -2.29. The number of carbonyl (C=O) groups excluding carboxylic acids is 3. The first kappa shape index (κ1) is 21.6. The first-order valence-corrected chi connectivity index (χ1v) is 10.6. The highest BCUT2D eigenvalue weighted by molar-refractivity contribution is 6.04. The molecule has 0 radical (unpaired) electrons. The SMILES string of the molecule is CCCCN1CC(C(=O)Nc2ccc(C(=O)Nc3ccc(CC)cc3)cc2)CC1=O. The largest absolute Gasteiger partial charge is 0.342 e.